The van der Waals surface area contributed by atoms with Crippen LogP contribution in [0.2, 0.25) is 0 Å². The van der Waals surface area contributed by atoms with Gasteiger partial charge in [0.1, 0.15) is 0 Å². The third-order valence-electron chi connectivity index (χ3n) is 5.46. The highest BCUT2D eigenvalue weighted by Gasteiger charge is 2.41. The second kappa shape index (κ2) is 6.67. The van der Waals surface area contributed by atoms with Crippen molar-refractivity contribution in [3.05, 3.63) is 74.4 Å². The maximum absolute atomic E-state index is 12.7. The van der Waals surface area contributed by atoms with E-state index in [0.29, 0.717) is 5.52 Å². The number of benzene rings is 2. The topological polar surface area (TPSA) is 90.2 Å². The average molecular weight is 413 g/mol. The molecule has 0 spiro atoms. The lowest BCUT2D eigenvalue weighted by Gasteiger charge is -2.15. The van der Waals surface area contributed by atoms with Gasteiger partial charge in [-0.3, -0.25) is 13.9 Å². The summed E-state index contributed by atoms with van der Waals surface area (Å²) >= 11 is 0. The number of nitrogens with zero attached hydrogens (tertiary/aromatic N) is 2. The summed E-state index contributed by atoms with van der Waals surface area (Å²) in [5.74, 6) is 0. The van der Waals surface area contributed by atoms with Gasteiger partial charge >= 0.3 is 5.69 Å². The van der Waals surface area contributed by atoms with Crippen LogP contribution in [0.5, 0.6) is 0 Å². The van der Waals surface area contributed by atoms with Crippen molar-refractivity contribution in [1.82, 2.24) is 13.9 Å². The molecule has 3 aromatic rings. The zero-order valence-corrected chi connectivity index (χ0v) is 17.4. The molecule has 1 aliphatic rings. The summed E-state index contributed by atoms with van der Waals surface area (Å²) in [6, 6.07) is 12.1. The first-order valence-electron chi connectivity index (χ1n) is 9.43. The van der Waals surface area contributed by atoms with Gasteiger partial charge in [-0.1, -0.05) is 29.8 Å². The van der Waals surface area contributed by atoms with E-state index in [1.807, 2.05) is 38.1 Å². The van der Waals surface area contributed by atoms with Crippen molar-refractivity contribution in [2.45, 2.75) is 43.7 Å². The van der Waals surface area contributed by atoms with Crippen LogP contribution in [0.1, 0.15) is 30.9 Å². The van der Waals surface area contributed by atoms with E-state index >= 15 is 0 Å². The van der Waals surface area contributed by atoms with Gasteiger partial charge in [0.05, 0.1) is 22.3 Å². The van der Waals surface area contributed by atoms with E-state index < -0.39 is 26.8 Å². The Kier molecular flexibility index (Phi) is 4.51. The van der Waals surface area contributed by atoms with Crippen LogP contribution in [0.3, 0.4) is 0 Å². The van der Waals surface area contributed by atoms with E-state index in [1.165, 1.54) is 29.8 Å². The van der Waals surface area contributed by atoms with Gasteiger partial charge in [-0.15, -0.1) is 0 Å². The Balaban J connectivity index is 1.86. The predicted molar refractivity (Wildman–Crippen MR) is 112 cm³/mol. The predicted octanol–water partition coefficient (Wildman–Crippen LogP) is 1.89. The highest BCUT2D eigenvalue weighted by atomic mass is 32.2. The molecule has 29 heavy (non-hydrogen) atoms. The van der Waals surface area contributed by atoms with Crippen LogP contribution in [-0.2, 0) is 23.6 Å². The van der Waals surface area contributed by atoms with Gasteiger partial charge in [-0.25, -0.2) is 17.9 Å². The number of aromatic nitrogens is 2. The van der Waals surface area contributed by atoms with E-state index in [0.717, 1.165) is 28.5 Å². The van der Waals surface area contributed by atoms with Crippen molar-refractivity contribution in [1.29, 1.82) is 0 Å². The molecule has 1 aliphatic carbocycles. The SMILES string of the molecule is Cc1ccc(Cn2c(=O)n(C)c(=O)c3cc(S(=O)(=O)NC4(C)CC4)ccc32)cc1. The van der Waals surface area contributed by atoms with Crippen molar-refractivity contribution in [3.8, 4) is 0 Å². The molecule has 0 unspecified atom stereocenters. The molecular formula is C21H23N3O4S. The molecule has 0 atom stereocenters. The summed E-state index contributed by atoms with van der Waals surface area (Å²) in [6.45, 7) is 4.12. The highest BCUT2D eigenvalue weighted by Crippen LogP contribution is 2.36. The van der Waals surface area contributed by atoms with Gasteiger partial charge in [-0.2, -0.15) is 0 Å². The van der Waals surface area contributed by atoms with Crippen molar-refractivity contribution in [3.63, 3.8) is 0 Å². The number of hydrogen-bond donors (Lipinski definition) is 1. The Morgan fingerprint density at radius 2 is 1.72 bits per heavy atom. The fraction of sp³-hybridized carbons (Fsp3) is 0.333. The monoisotopic (exact) mass is 413 g/mol. The third-order valence-corrected chi connectivity index (χ3v) is 7.10. The van der Waals surface area contributed by atoms with Gasteiger partial charge in [-0.05, 0) is 50.5 Å². The Morgan fingerprint density at radius 3 is 2.34 bits per heavy atom. The first kappa shape index (κ1) is 19.6. The Hall–Kier alpha value is -2.71. The number of rotatable bonds is 5. The molecule has 0 bridgehead atoms. The molecule has 1 saturated carbocycles. The summed E-state index contributed by atoms with van der Waals surface area (Å²) < 4.78 is 30.6. The van der Waals surface area contributed by atoms with Crippen LogP contribution in [0, 0.1) is 6.92 Å². The Bertz CT molecular complexity index is 1330. The summed E-state index contributed by atoms with van der Waals surface area (Å²) in [5.41, 5.74) is 1.07. The standard InChI is InChI=1S/C21H23N3O4S/c1-14-4-6-15(7-5-14)13-24-18-9-8-16(29(27,28)22-21(2)10-11-21)12-17(18)19(25)23(3)20(24)26/h4-9,12,22H,10-11,13H2,1-3H3. The minimum atomic E-state index is -3.75. The molecule has 152 valence electrons. The van der Waals surface area contributed by atoms with Crippen LogP contribution in [0.25, 0.3) is 10.9 Å². The van der Waals surface area contributed by atoms with Crippen LogP contribution < -0.4 is 16.0 Å². The zero-order valence-electron chi connectivity index (χ0n) is 16.6. The normalized spacial score (nSPS) is 15.6. The molecular weight excluding hydrogens is 390 g/mol. The first-order chi connectivity index (χ1) is 13.6. The van der Waals surface area contributed by atoms with Crippen molar-refractivity contribution in [2.75, 3.05) is 0 Å². The minimum absolute atomic E-state index is 0.0239. The first-order valence-corrected chi connectivity index (χ1v) is 10.9. The maximum atomic E-state index is 12.7. The number of hydrogen-bond acceptors (Lipinski definition) is 4. The summed E-state index contributed by atoms with van der Waals surface area (Å²) in [5, 5.41) is 0.197. The number of nitrogens with one attached hydrogen (secondary N) is 1. The van der Waals surface area contributed by atoms with Crippen LogP contribution in [-0.4, -0.2) is 23.1 Å². The van der Waals surface area contributed by atoms with E-state index in [9.17, 15) is 18.0 Å². The Morgan fingerprint density at radius 1 is 1.07 bits per heavy atom. The summed E-state index contributed by atoms with van der Waals surface area (Å²) in [7, 11) is -2.35. The molecule has 1 fully saturated rings. The molecule has 7 nitrogen and oxygen atoms in total. The molecule has 0 radical (unpaired) electrons. The fourth-order valence-electron chi connectivity index (χ4n) is 3.34. The van der Waals surface area contributed by atoms with Crippen LogP contribution in [0.15, 0.2) is 56.9 Å². The largest absolute Gasteiger partial charge is 0.331 e. The Labute approximate surface area is 168 Å². The van der Waals surface area contributed by atoms with Crippen LogP contribution in [0.4, 0.5) is 0 Å². The van der Waals surface area contributed by atoms with Gasteiger partial charge in [0, 0.05) is 12.6 Å². The average Bonchev–Trinajstić information content (AvgIpc) is 3.40. The summed E-state index contributed by atoms with van der Waals surface area (Å²) in [4.78, 5) is 25.5. The van der Waals surface area contributed by atoms with E-state index in [-0.39, 0.29) is 16.8 Å². The number of sulfonamides is 1. The van der Waals surface area contributed by atoms with Crippen molar-refractivity contribution in [2.24, 2.45) is 7.05 Å². The molecule has 0 aliphatic heterocycles. The van der Waals surface area contributed by atoms with Gasteiger partial charge in [0.25, 0.3) is 5.56 Å². The fourth-order valence-corrected chi connectivity index (χ4v) is 4.83. The lowest BCUT2D eigenvalue weighted by molar-refractivity contribution is 0.558. The van der Waals surface area contributed by atoms with Gasteiger partial charge < -0.3 is 0 Å². The molecule has 1 aromatic heterocycles. The minimum Gasteiger partial charge on any atom is -0.289 e. The van der Waals surface area contributed by atoms with Gasteiger partial charge in [0.2, 0.25) is 10.0 Å². The van der Waals surface area contributed by atoms with Crippen LogP contribution >= 0.6 is 0 Å². The lowest BCUT2D eigenvalue weighted by atomic mass is 10.1. The molecule has 2 aromatic carbocycles. The van der Waals surface area contributed by atoms with E-state index in [1.54, 1.807) is 0 Å². The quantitative estimate of drug-likeness (QED) is 0.692. The zero-order chi connectivity index (χ0) is 21.0. The highest BCUT2D eigenvalue weighted by molar-refractivity contribution is 7.89. The smallest absolute Gasteiger partial charge is 0.289 e. The van der Waals surface area contributed by atoms with Gasteiger partial charge in [0.15, 0.2) is 0 Å². The number of fused-ring (bicyclic) bond motifs is 1. The molecule has 4 rings (SSSR count). The molecule has 1 heterocycles. The second-order valence-electron chi connectivity index (χ2n) is 8.06. The van der Waals surface area contributed by atoms with Crippen molar-refractivity contribution >= 4 is 20.9 Å². The third kappa shape index (κ3) is 3.65. The van der Waals surface area contributed by atoms with E-state index in [4.69, 9.17) is 0 Å². The lowest BCUT2D eigenvalue weighted by Crippen LogP contribution is -2.38. The summed E-state index contributed by atoms with van der Waals surface area (Å²) in [6.07, 6.45) is 1.58. The molecule has 0 saturated heterocycles. The molecule has 8 heteroatoms. The van der Waals surface area contributed by atoms with E-state index in [2.05, 4.69) is 4.72 Å². The maximum Gasteiger partial charge on any atom is 0.331 e. The molecule has 1 N–H and O–H groups in total. The second-order valence-corrected chi connectivity index (χ2v) is 9.75. The van der Waals surface area contributed by atoms with Crippen molar-refractivity contribution < 1.29 is 8.42 Å². The number of aryl methyl sites for hydroxylation is 1. The molecule has 0 amide bonds.